The van der Waals surface area contributed by atoms with Crippen molar-refractivity contribution in [3.8, 4) is 5.75 Å². The van der Waals surface area contributed by atoms with E-state index in [0.29, 0.717) is 41.1 Å². The van der Waals surface area contributed by atoms with Gasteiger partial charge in [0.2, 0.25) is 5.91 Å². The molecule has 2 aromatic rings. The van der Waals surface area contributed by atoms with Crippen LogP contribution in [0.1, 0.15) is 38.2 Å². The van der Waals surface area contributed by atoms with Crippen molar-refractivity contribution in [1.29, 1.82) is 0 Å². The van der Waals surface area contributed by atoms with Gasteiger partial charge in [0.05, 0.1) is 6.61 Å². The predicted octanol–water partition coefficient (Wildman–Crippen LogP) is 5.91. The molecule has 1 amide bonds. The van der Waals surface area contributed by atoms with Gasteiger partial charge in [-0.3, -0.25) is 4.79 Å². The second-order valence-corrected chi connectivity index (χ2v) is 6.75. The molecule has 128 valence electrons. The lowest BCUT2D eigenvalue weighted by atomic mass is 10.0. The van der Waals surface area contributed by atoms with Crippen LogP contribution in [0.2, 0.25) is 10.0 Å². The molecule has 0 bridgehead atoms. The molecule has 0 spiro atoms. The monoisotopic (exact) mass is 365 g/mol. The van der Waals surface area contributed by atoms with Crippen molar-refractivity contribution in [1.82, 2.24) is 0 Å². The van der Waals surface area contributed by atoms with Crippen LogP contribution in [0.25, 0.3) is 0 Å². The molecule has 2 aromatic carbocycles. The molecule has 0 aliphatic carbocycles. The maximum absolute atomic E-state index is 11.9. The van der Waals surface area contributed by atoms with Crippen molar-refractivity contribution in [3.63, 3.8) is 0 Å². The molecule has 24 heavy (non-hydrogen) atoms. The van der Waals surface area contributed by atoms with E-state index in [-0.39, 0.29) is 5.91 Å². The van der Waals surface area contributed by atoms with Crippen molar-refractivity contribution in [2.75, 3.05) is 11.9 Å². The number of amides is 1. The molecule has 0 unspecified atom stereocenters. The minimum atomic E-state index is -0.0907. The minimum Gasteiger partial charge on any atom is -0.494 e. The van der Waals surface area contributed by atoms with Crippen LogP contribution in [0.5, 0.6) is 5.75 Å². The predicted molar refractivity (Wildman–Crippen MR) is 100 cm³/mol. The Hall–Kier alpha value is -1.71. The molecule has 0 heterocycles. The van der Waals surface area contributed by atoms with E-state index in [1.807, 2.05) is 12.1 Å². The normalized spacial score (nSPS) is 10.7. The summed E-state index contributed by atoms with van der Waals surface area (Å²) in [6, 6.07) is 13.0. The molecule has 0 aliphatic rings. The van der Waals surface area contributed by atoms with Gasteiger partial charge in [-0.05, 0) is 48.2 Å². The third kappa shape index (κ3) is 6.06. The molecule has 0 radical (unpaired) electrons. The van der Waals surface area contributed by atoms with Crippen molar-refractivity contribution >= 4 is 34.8 Å². The van der Waals surface area contributed by atoms with Crippen molar-refractivity contribution < 1.29 is 9.53 Å². The average molecular weight is 366 g/mol. The lowest BCUT2D eigenvalue weighted by Crippen LogP contribution is -2.12. The maximum Gasteiger partial charge on any atom is 0.224 e. The molecule has 5 heteroatoms. The van der Waals surface area contributed by atoms with Gasteiger partial charge in [-0.15, -0.1) is 0 Å². The van der Waals surface area contributed by atoms with Crippen LogP contribution in [-0.2, 0) is 4.79 Å². The molecule has 0 saturated carbocycles. The maximum atomic E-state index is 11.9. The van der Waals surface area contributed by atoms with Crippen LogP contribution in [0.3, 0.4) is 0 Å². The number of anilines is 1. The lowest BCUT2D eigenvalue weighted by Gasteiger charge is -2.09. The lowest BCUT2D eigenvalue weighted by molar-refractivity contribution is -0.116. The van der Waals surface area contributed by atoms with Crippen molar-refractivity contribution in [2.24, 2.45) is 0 Å². The molecule has 2 rings (SSSR count). The first-order valence-electron chi connectivity index (χ1n) is 7.93. The molecular formula is C19H21Cl2NO2. The quantitative estimate of drug-likeness (QED) is 0.618. The van der Waals surface area contributed by atoms with Crippen molar-refractivity contribution in [2.45, 2.75) is 32.6 Å². The Morgan fingerprint density at radius 1 is 1.08 bits per heavy atom. The van der Waals surface area contributed by atoms with E-state index < -0.39 is 0 Å². The summed E-state index contributed by atoms with van der Waals surface area (Å²) >= 11 is 11.8. The van der Waals surface area contributed by atoms with Gasteiger partial charge in [-0.1, -0.05) is 49.2 Å². The molecular weight excluding hydrogens is 345 g/mol. The van der Waals surface area contributed by atoms with E-state index in [2.05, 4.69) is 31.3 Å². The first kappa shape index (κ1) is 18.6. The van der Waals surface area contributed by atoms with E-state index in [9.17, 15) is 4.79 Å². The van der Waals surface area contributed by atoms with Crippen LogP contribution >= 0.6 is 23.2 Å². The van der Waals surface area contributed by atoms with Crippen LogP contribution in [-0.4, -0.2) is 12.5 Å². The van der Waals surface area contributed by atoms with Gasteiger partial charge in [0.15, 0.2) is 0 Å². The summed E-state index contributed by atoms with van der Waals surface area (Å²) in [6.45, 7) is 4.80. The first-order valence-corrected chi connectivity index (χ1v) is 8.68. The highest BCUT2D eigenvalue weighted by atomic mass is 35.5. The van der Waals surface area contributed by atoms with E-state index in [1.165, 1.54) is 5.56 Å². The zero-order chi connectivity index (χ0) is 17.5. The van der Waals surface area contributed by atoms with Gasteiger partial charge in [0.1, 0.15) is 5.75 Å². The average Bonchev–Trinajstić information content (AvgIpc) is 2.51. The SMILES string of the molecule is CC(C)c1ccc(OCCCC(=O)Nc2cc(Cl)cc(Cl)c2)cc1. The second-order valence-electron chi connectivity index (χ2n) is 5.88. The third-order valence-electron chi connectivity index (χ3n) is 3.51. The van der Waals surface area contributed by atoms with Crippen molar-refractivity contribution in [3.05, 3.63) is 58.1 Å². The fraction of sp³-hybridized carbons (Fsp3) is 0.316. The molecule has 0 aliphatic heterocycles. The number of hydrogen-bond acceptors (Lipinski definition) is 2. The molecule has 0 aromatic heterocycles. The number of rotatable bonds is 7. The number of nitrogens with one attached hydrogen (secondary N) is 1. The fourth-order valence-corrected chi connectivity index (χ4v) is 2.75. The number of halogens is 2. The molecule has 0 atom stereocenters. The zero-order valence-electron chi connectivity index (χ0n) is 13.8. The topological polar surface area (TPSA) is 38.3 Å². The third-order valence-corrected chi connectivity index (χ3v) is 3.95. The zero-order valence-corrected chi connectivity index (χ0v) is 15.3. The fourth-order valence-electron chi connectivity index (χ4n) is 2.22. The largest absolute Gasteiger partial charge is 0.494 e. The van der Waals surface area contributed by atoms with Crippen LogP contribution in [0.4, 0.5) is 5.69 Å². The Morgan fingerprint density at radius 3 is 2.29 bits per heavy atom. The molecule has 3 nitrogen and oxygen atoms in total. The van der Waals surface area contributed by atoms with E-state index in [4.69, 9.17) is 27.9 Å². The Bertz CT molecular complexity index is 664. The van der Waals surface area contributed by atoms with Gasteiger partial charge >= 0.3 is 0 Å². The summed E-state index contributed by atoms with van der Waals surface area (Å²) in [6.07, 6.45) is 1.00. The summed E-state index contributed by atoms with van der Waals surface area (Å²) in [5.41, 5.74) is 1.88. The summed E-state index contributed by atoms with van der Waals surface area (Å²) in [7, 11) is 0. The highest BCUT2D eigenvalue weighted by Crippen LogP contribution is 2.22. The summed E-state index contributed by atoms with van der Waals surface area (Å²) in [5.74, 6) is 1.23. The van der Waals surface area contributed by atoms with Gasteiger partial charge in [-0.25, -0.2) is 0 Å². The molecule has 0 saturated heterocycles. The van der Waals surface area contributed by atoms with Gasteiger partial charge < -0.3 is 10.1 Å². The number of carbonyl (C=O) groups is 1. The highest BCUT2D eigenvalue weighted by molar-refractivity contribution is 6.35. The first-order chi connectivity index (χ1) is 11.4. The van der Waals surface area contributed by atoms with E-state index in [1.54, 1.807) is 18.2 Å². The Balaban J connectivity index is 1.72. The number of carbonyl (C=O) groups excluding carboxylic acids is 1. The number of benzene rings is 2. The summed E-state index contributed by atoms with van der Waals surface area (Å²) in [4.78, 5) is 11.9. The number of hydrogen-bond donors (Lipinski definition) is 1. The van der Waals surface area contributed by atoms with Gasteiger partial charge in [0.25, 0.3) is 0 Å². The molecule has 1 N–H and O–H groups in total. The smallest absolute Gasteiger partial charge is 0.224 e. The number of ether oxygens (including phenoxy) is 1. The van der Waals surface area contributed by atoms with E-state index >= 15 is 0 Å². The standard InChI is InChI=1S/C19H21Cl2NO2/c1-13(2)14-5-7-18(8-6-14)24-9-3-4-19(23)22-17-11-15(20)10-16(21)12-17/h5-8,10-13H,3-4,9H2,1-2H3,(H,22,23). The second kappa shape index (κ2) is 8.95. The van der Waals surface area contributed by atoms with Gasteiger partial charge in [-0.2, -0.15) is 0 Å². The van der Waals surface area contributed by atoms with E-state index in [0.717, 1.165) is 5.75 Å². The Labute approximate surface area is 152 Å². The summed E-state index contributed by atoms with van der Waals surface area (Å²) in [5, 5.41) is 3.76. The minimum absolute atomic E-state index is 0.0907. The summed E-state index contributed by atoms with van der Waals surface area (Å²) < 4.78 is 5.66. The van der Waals surface area contributed by atoms with Crippen LogP contribution in [0.15, 0.2) is 42.5 Å². The highest BCUT2D eigenvalue weighted by Gasteiger charge is 2.05. The Kier molecular flexibility index (Phi) is 6.95. The van der Waals surface area contributed by atoms with Crippen LogP contribution in [0, 0.1) is 0 Å². The van der Waals surface area contributed by atoms with Gasteiger partial charge in [0, 0.05) is 22.2 Å². The van der Waals surface area contributed by atoms with Crippen LogP contribution < -0.4 is 10.1 Å². The molecule has 0 fully saturated rings. The Morgan fingerprint density at radius 2 is 1.71 bits per heavy atom.